The highest BCUT2D eigenvalue weighted by molar-refractivity contribution is 9.10. The molecule has 0 aromatic heterocycles. The molecule has 1 heterocycles. The minimum absolute atomic E-state index is 0.0300. The molecular weight excluding hydrogens is 416 g/mol. The Balaban J connectivity index is 1.59. The Bertz CT molecular complexity index is 738. The van der Waals surface area contributed by atoms with Crippen LogP contribution in [0, 0.1) is 6.92 Å². The number of nitrogens with one attached hydrogen (secondary N) is 1. The normalized spacial score (nSPS) is 16.2. The third-order valence-corrected chi connectivity index (χ3v) is 5.75. The molecule has 0 bridgehead atoms. The second-order valence-electron chi connectivity index (χ2n) is 7.42. The number of aryl methyl sites for hydroxylation is 1. The van der Waals surface area contributed by atoms with E-state index in [1.807, 2.05) is 24.3 Å². The van der Waals surface area contributed by atoms with Crippen molar-refractivity contribution in [1.82, 2.24) is 10.2 Å². The molecular formula is C23H29BrN2O2. The first-order chi connectivity index (χ1) is 13.6. The van der Waals surface area contributed by atoms with Crippen LogP contribution in [0.25, 0.3) is 0 Å². The predicted molar refractivity (Wildman–Crippen MR) is 117 cm³/mol. The van der Waals surface area contributed by atoms with Gasteiger partial charge in [0.15, 0.2) is 6.61 Å². The number of hydrogen-bond acceptors (Lipinski definition) is 3. The molecule has 0 unspecified atom stereocenters. The van der Waals surface area contributed by atoms with Crippen molar-refractivity contribution in [3.8, 4) is 5.75 Å². The third kappa shape index (κ3) is 6.35. The standard InChI is InChI=1S/C23H29BrN2O2/c1-18-6-8-19(9-7-18)22(26-14-4-2-3-5-15-26)16-25-23(27)17-28-21-12-10-20(24)11-13-21/h6-13,22H,2-5,14-17H2,1H3,(H,25,27)/t22-/m0/s1. The van der Waals surface area contributed by atoms with Crippen LogP contribution >= 0.6 is 15.9 Å². The van der Waals surface area contributed by atoms with Crippen LogP contribution in [0.2, 0.25) is 0 Å². The Kier molecular flexibility index (Phi) is 7.92. The van der Waals surface area contributed by atoms with Gasteiger partial charge in [0.1, 0.15) is 5.75 Å². The monoisotopic (exact) mass is 444 g/mol. The van der Waals surface area contributed by atoms with Crippen LogP contribution in [-0.2, 0) is 4.79 Å². The third-order valence-electron chi connectivity index (χ3n) is 5.22. The van der Waals surface area contributed by atoms with Crippen LogP contribution in [0.1, 0.15) is 42.9 Å². The summed E-state index contributed by atoms with van der Waals surface area (Å²) in [5.74, 6) is 0.607. The van der Waals surface area contributed by atoms with E-state index in [0.717, 1.165) is 17.6 Å². The Morgan fingerprint density at radius 2 is 1.68 bits per heavy atom. The van der Waals surface area contributed by atoms with Crippen LogP contribution in [0.4, 0.5) is 0 Å². The lowest BCUT2D eigenvalue weighted by molar-refractivity contribution is -0.123. The van der Waals surface area contributed by atoms with Crippen LogP contribution in [-0.4, -0.2) is 37.0 Å². The van der Waals surface area contributed by atoms with Crippen molar-refractivity contribution >= 4 is 21.8 Å². The molecule has 3 rings (SSSR count). The minimum atomic E-state index is -0.0881. The number of carbonyl (C=O) groups is 1. The summed E-state index contributed by atoms with van der Waals surface area (Å²) in [5, 5.41) is 3.08. The molecule has 0 radical (unpaired) electrons. The Hall–Kier alpha value is -1.85. The quantitative estimate of drug-likeness (QED) is 0.661. The molecule has 28 heavy (non-hydrogen) atoms. The van der Waals surface area contributed by atoms with Gasteiger partial charge in [-0.05, 0) is 62.7 Å². The number of amides is 1. The van der Waals surface area contributed by atoms with Crippen LogP contribution < -0.4 is 10.1 Å². The van der Waals surface area contributed by atoms with Crippen molar-refractivity contribution in [2.75, 3.05) is 26.2 Å². The molecule has 1 amide bonds. The smallest absolute Gasteiger partial charge is 0.258 e. The Labute approximate surface area is 176 Å². The second-order valence-corrected chi connectivity index (χ2v) is 8.34. The zero-order valence-electron chi connectivity index (χ0n) is 16.5. The first-order valence-electron chi connectivity index (χ1n) is 10.1. The van der Waals surface area contributed by atoms with E-state index in [1.54, 1.807) is 0 Å². The number of likely N-dealkylation sites (tertiary alicyclic amines) is 1. The van der Waals surface area contributed by atoms with E-state index >= 15 is 0 Å². The topological polar surface area (TPSA) is 41.6 Å². The largest absolute Gasteiger partial charge is 0.484 e. The van der Waals surface area contributed by atoms with E-state index in [2.05, 4.69) is 57.3 Å². The van der Waals surface area contributed by atoms with Crippen molar-refractivity contribution in [1.29, 1.82) is 0 Å². The lowest BCUT2D eigenvalue weighted by Gasteiger charge is -2.31. The summed E-state index contributed by atoms with van der Waals surface area (Å²) in [6.45, 7) is 4.91. The zero-order valence-corrected chi connectivity index (χ0v) is 18.1. The van der Waals surface area contributed by atoms with Gasteiger partial charge in [-0.3, -0.25) is 9.69 Å². The number of benzene rings is 2. The number of halogens is 1. The predicted octanol–water partition coefficient (Wildman–Crippen LogP) is 4.87. The van der Waals surface area contributed by atoms with Gasteiger partial charge in [0.25, 0.3) is 5.91 Å². The molecule has 5 heteroatoms. The molecule has 0 saturated carbocycles. The van der Waals surface area contributed by atoms with Gasteiger partial charge in [0.2, 0.25) is 0 Å². The molecule has 2 aromatic rings. The Morgan fingerprint density at radius 1 is 1.04 bits per heavy atom. The molecule has 0 spiro atoms. The molecule has 1 saturated heterocycles. The summed E-state index contributed by atoms with van der Waals surface area (Å²) >= 11 is 3.40. The van der Waals surface area contributed by atoms with E-state index in [-0.39, 0.29) is 18.6 Å². The Morgan fingerprint density at radius 3 is 2.32 bits per heavy atom. The average molecular weight is 445 g/mol. The first kappa shape index (κ1) is 20.9. The summed E-state index contributed by atoms with van der Waals surface area (Å²) in [7, 11) is 0. The van der Waals surface area contributed by atoms with Crippen LogP contribution in [0.15, 0.2) is 53.0 Å². The maximum absolute atomic E-state index is 12.4. The highest BCUT2D eigenvalue weighted by Gasteiger charge is 2.22. The fourth-order valence-corrected chi connectivity index (χ4v) is 3.86. The van der Waals surface area contributed by atoms with E-state index < -0.39 is 0 Å². The number of nitrogens with zero attached hydrogens (tertiary/aromatic N) is 1. The molecule has 0 aliphatic carbocycles. The van der Waals surface area contributed by atoms with Gasteiger partial charge < -0.3 is 10.1 Å². The van der Waals surface area contributed by atoms with Gasteiger partial charge in [-0.25, -0.2) is 0 Å². The first-order valence-corrected chi connectivity index (χ1v) is 10.9. The van der Waals surface area contributed by atoms with E-state index in [0.29, 0.717) is 12.3 Å². The number of hydrogen-bond donors (Lipinski definition) is 1. The highest BCUT2D eigenvalue weighted by atomic mass is 79.9. The average Bonchev–Trinajstić information content (AvgIpc) is 2.98. The lowest BCUT2D eigenvalue weighted by Crippen LogP contribution is -2.40. The second kappa shape index (κ2) is 10.6. The summed E-state index contributed by atoms with van der Waals surface area (Å²) in [6, 6.07) is 16.4. The van der Waals surface area contributed by atoms with Gasteiger partial charge in [-0.15, -0.1) is 0 Å². The van der Waals surface area contributed by atoms with Gasteiger partial charge >= 0.3 is 0 Å². The van der Waals surface area contributed by atoms with Crippen molar-refractivity contribution in [3.63, 3.8) is 0 Å². The summed E-state index contributed by atoms with van der Waals surface area (Å²) < 4.78 is 6.58. The highest BCUT2D eigenvalue weighted by Crippen LogP contribution is 2.24. The van der Waals surface area contributed by atoms with E-state index in [4.69, 9.17) is 4.74 Å². The number of ether oxygens (including phenoxy) is 1. The molecule has 1 N–H and O–H groups in total. The lowest BCUT2D eigenvalue weighted by atomic mass is 10.0. The molecule has 4 nitrogen and oxygen atoms in total. The molecule has 1 aliphatic heterocycles. The zero-order chi connectivity index (χ0) is 19.8. The van der Waals surface area contributed by atoms with E-state index in [9.17, 15) is 4.79 Å². The van der Waals surface area contributed by atoms with Crippen molar-refractivity contribution in [2.24, 2.45) is 0 Å². The molecule has 150 valence electrons. The van der Waals surface area contributed by atoms with Crippen molar-refractivity contribution < 1.29 is 9.53 Å². The SMILES string of the molecule is Cc1ccc([C@H](CNC(=O)COc2ccc(Br)cc2)N2CCCCCC2)cc1. The summed E-state index contributed by atoms with van der Waals surface area (Å²) in [5.41, 5.74) is 2.52. The number of rotatable bonds is 7. The molecule has 1 atom stereocenters. The molecule has 1 aliphatic rings. The summed E-state index contributed by atoms with van der Waals surface area (Å²) in [4.78, 5) is 14.9. The fraction of sp³-hybridized carbons (Fsp3) is 0.435. The van der Waals surface area contributed by atoms with E-state index in [1.165, 1.54) is 36.8 Å². The van der Waals surface area contributed by atoms with Crippen LogP contribution in [0.5, 0.6) is 5.75 Å². The maximum atomic E-state index is 12.4. The fourth-order valence-electron chi connectivity index (χ4n) is 3.59. The molecule has 1 fully saturated rings. The van der Waals surface area contributed by atoms with Gasteiger partial charge in [0.05, 0.1) is 6.04 Å². The van der Waals surface area contributed by atoms with Gasteiger partial charge in [0, 0.05) is 11.0 Å². The number of carbonyl (C=O) groups excluding carboxylic acids is 1. The minimum Gasteiger partial charge on any atom is -0.484 e. The van der Waals surface area contributed by atoms with Crippen molar-refractivity contribution in [2.45, 2.75) is 38.6 Å². The maximum Gasteiger partial charge on any atom is 0.258 e. The molecule has 2 aromatic carbocycles. The van der Waals surface area contributed by atoms with Gasteiger partial charge in [-0.1, -0.05) is 58.6 Å². The van der Waals surface area contributed by atoms with Gasteiger partial charge in [-0.2, -0.15) is 0 Å². The summed E-state index contributed by atoms with van der Waals surface area (Å²) in [6.07, 6.45) is 5.04. The van der Waals surface area contributed by atoms with Crippen LogP contribution in [0.3, 0.4) is 0 Å². The van der Waals surface area contributed by atoms with Crippen molar-refractivity contribution in [3.05, 3.63) is 64.1 Å².